The first-order valence-corrected chi connectivity index (χ1v) is 3.99. The molecule has 1 heteroatoms. The molecule has 0 saturated heterocycles. The number of hydrogen-bond acceptors (Lipinski definition) is 1. The minimum absolute atomic E-state index is 0.844. The molecule has 0 aromatic carbocycles. The maximum Gasteiger partial charge on any atom is 0.0437 e. The predicted octanol–water partition coefficient (Wildman–Crippen LogP) is 3.10. The third-order valence-corrected chi connectivity index (χ3v) is 0.408. The van der Waals surface area contributed by atoms with Crippen molar-refractivity contribution in [3.8, 4) is 0 Å². The third-order valence-electron chi connectivity index (χ3n) is 0.408. The molecule has 0 radical (unpaired) electrons. The summed E-state index contributed by atoms with van der Waals surface area (Å²) in [7, 11) is 0. The second kappa shape index (κ2) is 44.0. The molecule has 0 bridgehead atoms. The van der Waals surface area contributed by atoms with E-state index in [1.807, 2.05) is 41.5 Å². The van der Waals surface area contributed by atoms with Gasteiger partial charge in [-0.3, -0.25) is 0 Å². The van der Waals surface area contributed by atoms with Crippen LogP contribution in [0, 0.1) is 0 Å². The van der Waals surface area contributed by atoms with Crippen LogP contribution in [-0.2, 0) is 4.74 Å². The van der Waals surface area contributed by atoms with E-state index in [0.29, 0.717) is 0 Å². The minimum atomic E-state index is 0.844. The van der Waals surface area contributed by atoms with E-state index in [0.717, 1.165) is 13.2 Å². The molecule has 0 spiro atoms. The molecule has 60 valence electrons. The second-order valence-corrected chi connectivity index (χ2v) is 0.781. The Morgan fingerprint density at radius 2 is 1.00 bits per heavy atom. The van der Waals surface area contributed by atoms with Gasteiger partial charge in [0.1, 0.15) is 0 Å². The molecule has 0 amide bonds. The van der Waals surface area contributed by atoms with Crippen LogP contribution in [0.2, 0.25) is 0 Å². The molecule has 9 heavy (non-hydrogen) atoms. The maximum absolute atomic E-state index is 4.83. The van der Waals surface area contributed by atoms with Crippen molar-refractivity contribution in [1.29, 1.82) is 0 Å². The quantitative estimate of drug-likeness (QED) is 0.564. The summed E-state index contributed by atoms with van der Waals surface area (Å²) in [6, 6.07) is 0. The monoisotopic (exact) mass is 134 g/mol. The molecule has 0 heterocycles. The summed E-state index contributed by atoms with van der Waals surface area (Å²) in [5, 5.41) is 0. The minimum Gasteiger partial charge on any atom is -0.382 e. The van der Waals surface area contributed by atoms with Gasteiger partial charge in [-0.25, -0.2) is 0 Å². The van der Waals surface area contributed by atoms with Gasteiger partial charge < -0.3 is 4.74 Å². The summed E-state index contributed by atoms with van der Waals surface area (Å²) in [6.45, 7) is 13.7. The van der Waals surface area contributed by atoms with E-state index >= 15 is 0 Å². The van der Waals surface area contributed by atoms with Crippen molar-refractivity contribution in [2.75, 3.05) is 13.2 Å². The lowest BCUT2D eigenvalue weighted by Crippen LogP contribution is -1.84. The molecule has 0 aromatic rings. The maximum atomic E-state index is 4.83. The molecular weight excluding hydrogens is 112 g/mol. The standard InChI is InChI=1S/C4H10O.2C2H6/c1-3-5-4-2;2*1-2/h3-4H2,1-2H3;2*1-2H3. The van der Waals surface area contributed by atoms with Crippen LogP contribution in [-0.4, -0.2) is 13.2 Å². The number of hydrogen-bond donors (Lipinski definition) is 0. The predicted molar refractivity (Wildman–Crippen MR) is 44.9 cm³/mol. The average molecular weight is 134 g/mol. The highest BCUT2D eigenvalue weighted by Gasteiger charge is 1.64. The molecule has 0 aromatic heterocycles. The van der Waals surface area contributed by atoms with Gasteiger partial charge in [0.2, 0.25) is 0 Å². The molecule has 0 aliphatic carbocycles. The highest BCUT2D eigenvalue weighted by Crippen LogP contribution is 1.64. The second-order valence-electron chi connectivity index (χ2n) is 0.781. The van der Waals surface area contributed by atoms with Crippen molar-refractivity contribution >= 4 is 0 Å². The van der Waals surface area contributed by atoms with Gasteiger partial charge in [0.25, 0.3) is 0 Å². The SMILES string of the molecule is CC.CC.CCOCC. The third kappa shape index (κ3) is 73.6. The summed E-state index contributed by atoms with van der Waals surface area (Å²) in [5.41, 5.74) is 0. The largest absolute Gasteiger partial charge is 0.382 e. The molecule has 0 N–H and O–H groups in total. The zero-order chi connectivity index (χ0) is 8.12. The molecular formula is C8H22O. The van der Waals surface area contributed by atoms with E-state index < -0.39 is 0 Å². The van der Waals surface area contributed by atoms with Crippen molar-refractivity contribution in [3.63, 3.8) is 0 Å². The van der Waals surface area contributed by atoms with E-state index in [1.54, 1.807) is 0 Å². The van der Waals surface area contributed by atoms with Crippen molar-refractivity contribution in [2.24, 2.45) is 0 Å². The Labute approximate surface area is 60.4 Å². The summed E-state index contributed by atoms with van der Waals surface area (Å²) < 4.78 is 4.83. The topological polar surface area (TPSA) is 9.23 Å². The fraction of sp³-hybridized carbons (Fsp3) is 1.00. The lowest BCUT2D eigenvalue weighted by molar-refractivity contribution is 0.162. The van der Waals surface area contributed by atoms with E-state index in [9.17, 15) is 0 Å². The molecule has 0 rings (SSSR count). The van der Waals surface area contributed by atoms with E-state index in [4.69, 9.17) is 4.74 Å². The molecule has 0 unspecified atom stereocenters. The zero-order valence-electron chi connectivity index (χ0n) is 7.82. The Balaban J connectivity index is -0.0000000771. The van der Waals surface area contributed by atoms with Crippen LogP contribution in [0.15, 0.2) is 0 Å². The fourth-order valence-electron chi connectivity index (χ4n) is 0.204. The van der Waals surface area contributed by atoms with Gasteiger partial charge in [-0.15, -0.1) is 0 Å². The first kappa shape index (κ1) is 16.0. The Hall–Kier alpha value is -0.0400. The van der Waals surface area contributed by atoms with Crippen molar-refractivity contribution in [1.82, 2.24) is 0 Å². The Morgan fingerprint density at radius 3 is 1.00 bits per heavy atom. The molecule has 0 fully saturated rings. The van der Waals surface area contributed by atoms with Crippen LogP contribution in [0.25, 0.3) is 0 Å². The van der Waals surface area contributed by atoms with Gasteiger partial charge in [-0.05, 0) is 13.8 Å². The highest BCUT2D eigenvalue weighted by molar-refractivity contribution is 4.07. The number of ether oxygens (including phenoxy) is 1. The molecule has 0 aliphatic rings. The van der Waals surface area contributed by atoms with Crippen LogP contribution in [0.4, 0.5) is 0 Å². The van der Waals surface area contributed by atoms with E-state index in [1.165, 1.54) is 0 Å². The van der Waals surface area contributed by atoms with E-state index in [2.05, 4.69) is 0 Å². The number of rotatable bonds is 2. The highest BCUT2D eigenvalue weighted by atomic mass is 16.5. The molecule has 0 saturated carbocycles. The molecule has 0 aliphatic heterocycles. The van der Waals surface area contributed by atoms with E-state index in [-0.39, 0.29) is 0 Å². The lowest BCUT2D eigenvalue weighted by atomic mass is 10.8. The molecule has 0 atom stereocenters. The lowest BCUT2D eigenvalue weighted by Gasteiger charge is -1.86. The van der Waals surface area contributed by atoms with Gasteiger partial charge >= 0.3 is 0 Å². The smallest absolute Gasteiger partial charge is 0.0437 e. The van der Waals surface area contributed by atoms with Crippen LogP contribution in [0.1, 0.15) is 41.5 Å². The van der Waals surface area contributed by atoms with Gasteiger partial charge in [0, 0.05) is 13.2 Å². The summed E-state index contributed by atoms with van der Waals surface area (Å²) >= 11 is 0. The normalized spacial score (nSPS) is 6.00. The summed E-state index contributed by atoms with van der Waals surface area (Å²) in [4.78, 5) is 0. The Kier molecular flexibility index (Phi) is 78.2. The van der Waals surface area contributed by atoms with Gasteiger partial charge in [0.05, 0.1) is 0 Å². The Morgan fingerprint density at radius 1 is 0.778 bits per heavy atom. The van der Waals surface area contributed by atoms with Crippen LogP contribution in [0.3, 0.4) is 0 Å². The van der Waals surface area contributed by atoms with Gasteiger partial charge in [-0.1, -0.05) is 27.7 Å². The van der Waals surface area contributed by atoms with Crippen LogP contribution >= 0.6 is 0 Å². The van der Waals surface area contributed by atoms with Gasteiger partial charge in [0.15, 0.2) is 0 Å². The van der Waals surface area contributed by atoms with Gasteiger partial charge in [-0.2, -0.15) is 0 Å². The van der Waals surface area contributed by atoms with Crippen LogP contribution in [0.5, 0.6) is 0 Å². The first-order valence-electron chi connectivity index (χ1n) is 3.99. The van der Waals surface area contributed by atoms with Crippen molar-refractivity contribution in [3.05, 3.63) is 0 Å². The Bertz CT molecular complexity index is 12.0. The summed E-state index contributed by atoms with van der Waals surface area (Å²) in [5.74, 6) is 0. The molecule has 1 nitrogen and oxygen atoms in total. The zero-order valence-corrected chi connectivity index (χ0v) is 7.82. The first-order chi connectivity index (χ1) is 4.41. The average Bonchev–Trinajstić information content (AvgIpc) is 1.98. The fourth-order valence-corrected chi connectivity index (χ4v) is 0.204. The summed E-state index contributed by atoms with van der Waals surface area (Å²) in [6.07, 6.45) is 0. The van der Waals surface area contributed by atoms with Crippen LogP contribution < -0.4 is 0 Å². The van der Waals surface area contributed by atoms with Crippen molar-refractivity contribution in [2.45, 2.75) is 41.5 Å². The van der Waals surface area contributed by atoms with Crippen molar-refractivity contribution < 1.29 is 4.74 Å².